The van der Waals surface area contributed by atoms with Crippen LogP contribution in [0.15, 0.2) is 34.9 Å². The first-order valence-corrected chi connectivity index (χ1v) is 7.17. The first-order valence-electron chi connectivity index (χ1n) is 5.59. The van der Waals surface area contributed by atoms with Gasteiger partial charge in [0.15, 0.2) is 10.4 Å². The molecule has 2 heterocycles. The molecule has 6 heteroatoms. The van der Waals surface area contributed by atoms with E-state index in [2.05, 4.69) is 25.9 Å². The Morgan fingerprint density at radius 3 is 2.89 bits per heavy atom. The smallest absolute Gasteiger partial charge is 0.184 e. The molecule has 0 saturated carbocycles. The molecular formula is C13H9BrClN3S. The largest absolute Gasteiger partial charge is 0.329 e. The molecule has 0 unspecified atom stereocenters. The summed E-state index contributed by atoms with van der Waals surface area (Å²) in [6.45, 7) is 2.00. The van der Waals surface area contributed by atoms with E-state index in [0.29, 0.717) is 9.79 Å². The lowest BCUT2D eigenvalue weighted by Gasteiger charge is -2.07. The first kappa shape index (κ1) is 12.8. The third-order valence-electron chi connectivity index (χ3n) is 2.83. The van der Waals surface area contributed by atoms with Gasteiger partial charge in [-0.1, -0.05) is 17.7 Å². The molecule has 3 nitrogen and oxygen atoms in total. The van der Waals surface area contributed by atoms with Gasteiger partial charge < -0.3 is 4.98 Å². The van der Waals surface area contributed by atoms with Crippen molar-refractivity contribution in [3.63, 3.8) is 0 Å². The van der Waals surface area contributed by atoms with Gasteiger partial charge in [0.25, 0.3) is 0 Å². The lowest BCUT2D eigenvalue weighted by molar-refractivity contribution is 1.04. The fraction of sp³-hybridized carbons (Fsp3) is 0.0769. The lowest BCUT2D eigenvalue weighted by atomic mass is 10.2. The van der Waals surface area contributed by atoms with Crippen LogP contribution in [0.5, 0.6) is 0 Å². The number of imidazole rings is 1. The quantitative estimate of drug-likeness (QED) is 0.636. The number of benzene rings is 1. The average Bonchev–Trinajstić information content (AvgIpc) is 2.65. The Bertz CT molecular complexity index is 838. The molecule has 0 amide bonds. The first-order chi connectivity index (χ1) is 9.06. The number of H-pyrrole nitrogens is 1. The Morgan fingerprint density at radius 1 is 1.37 bits per heavy atom. The summed E-state index contributed by atoms with van der Waals surface area (Å²) in [6.07, 6.45) is 1.74. The number of aryl methyl sites for hydroxylation is 1. The van der Waals surface area contributed by atoms with Crippen LogP contribution in [-0.4, -0.2) is 14.5 Å². The van der Waals surface area contributed by atoms with Crippen molar-refractivity contribution < 1.29 is 0 Å². The summed E-state index contributed by atoms with van der Waals surface area (Å²) in [5, 5.41) is 0.654. The van der Waals surface area contributed by atoms with Gasteiger partial charge in [-0.15, -0.1) is 0 Å². The van der Waals surface area contributed by atoms with Crippen LogP contribution in [0.3, 0.4) is 0 Å². The number of pyridine rings is 1. The van der Waals surface area contributed by atoms with Gasteiger partial charge >= 0.3 is 0 Å². The van der Waals surface area contributed by atoms with Crippen molar-refractivity contribution in [2.75, 3.05) is 0 Å². The molecule has 0 atom stereocenters. The van der Waals surface area contributed by atoms with Gasteiger partial charge in [-0.2, -0.15) is 0 Å². The summed E-state index contributed by atoms with van der Waals surface area (Å²) in [6, 6.07) is 7.80. The standard InChI is InChI=1S/C13H9BrClN3S/c1-7-2-3-11(9(15)4-7)18-12-10(17-13(18)19)5-8(14)6-16-12/h2-6H,1H3,(H,17,19). The SMILES string of the molecule is Cc1ccc(-n2c(=S)[nH]c3cc(Br)cnc32)c(Cl)c1. The molecule has 0 bridgehead atoms. The topological polar surface area (TPSA) is 33.6 Å². The van der Waals surface area contributed by atoms with E-state index in [0.717, 1.165) is 26.9 Å². The molecule has 3 aromatic rings. The minimum absolute atomic E-state index is 0.575. The van der Waals surface area contributed by atoms with Gasteiger partial charge in [-0.3, -0.25) is 4.57 Å². The van der Waals surface area contributed by atoms with Crippen LogP contribution in [0, 0.1) is 11.7 Å². The molecule has 0 fully saturated rings. The van der Waals surface area contributed by atoms with Gasteiger partial charge in [0.2, 0.25) is 0 Å². The Morgan fingerprint density at radius 2 is 2.16 bits per heavy atom. The molecule has 3 rings (SSSR count). The van der Waals surface area contributed by atoms with E-state index in [1.54, 1.807) is 6.20 Å². The van der Waals surface area contributed by atoms with Crippen molar-refractivity contribution in [1.82, 2.24) is 14.5 Å². The molecule has 0 saturated heterocycles. The molecule has 0 aliphatic carbocycles. The minimum Gasteiger partial charge on any atom is -0.329 e. The van der Waals surface area contributed by atoms with Crippen LogP contribution in [0.4, 0.5) is 0 Å². The van der Waals surface area contributed by atoms with Crippen molar-refractivity contribution in [2.24, 2.45) is 0 Å². The predicted octanol–water partition coefficient (Wildman–Crippen LogP) is 4.81. The number of hydrogen-bond donors (Lipinski definition) is 1. The van der Waals surface area contributed by atoms with Crippen molar-refractivity contribution in [1.29, 1.82) is 0 Å². The van der Waals surface area contributed by atoms with Crippen molar-refractivity contribution in [2.45, 2.75) is 6.92 Å². The maximum absolute atomic E-state index is 6.31. The van der Waals surface area contributed by atoms with Crippen molar-refractivity contribution in [3.05, 3.63) is 50.3 Å². The van der Waals surface area contributed by atoms with Gasteiger partial charge in [0.1, 0.15) is 0 Å². The fourth-order valence-corrected chi connectivity index (χ4v) is 2.93. The highest BCUT2D eigenvalue weighted by Gasteiger charge is 2.11. The van der Waals surface area contributed by atoms with E-state index < -0.39 is 0 Å². The lowest BCUT2D eigenvalue weighted by Crippen LogP contribution is -1.96. The number of fused-ring (bicyclic) bond motifs is 1. The van der Waals surface area contributed by atoms with Crippen LogP contribution >= 0.6 is 39.7 Å². The monoisotopic (exact) mass is 353 g/mol. The summed E-state index contributed by atoms with van der Waals surface area (Å²) < 4.78 is 3.32. The highest BCUT2D eigenvalue weighted by Crippen LogP contribution is 2.26. The van der Waals surface area contributed by atoms with Gasteiger partial charge in [-0.25, -0.2) is 4.98 Å². The summed E-state index contributed by atoms with van der Waals surface area (Å²) in [4.78, 5) is 7.54. The minimum atomic E-state index is 0.575. The number of hydrogen-bond acceptors (Lipinski definition) is 2. The molecule has 2 aromatic heterocycles. The third kappa shape index (κ3) is 2.22. The molecule has 96 valence electrons. The highest BCUT2D eigenvalue weighted by molar-refractivity contribution is 9.10. The number of aromatic amines is 1. The number of nitrogens with one attached hydrogen (secondary N) is 1. The van der Waals surface area contributed by atoms with Gasteiger partial charge in [0.05, 0.1) is 16.2 Å². The van der Waals surface area contributed by atoms with E-state index >= 15 is 0 Å². The average molecular weight is 355 g/mol. The highest BCUT2D eigenvalue weighted by atomic mass is 79.9. The Kier molecular flexibility index (Phi) is 3.20. The molecule has 1 aromatic carbocycles. The maximum Gasteiger partial charge on any atom is 0.184 e. The Labute approximate surface area is 128 Å². The van der Waals surface area contributed by atoms with Crippen LogP contribution in [0.2, 0.25) is 5.02 Å². The molecular weight excluding hydrogens is 346 g/mol. The summed E-state index contributed by atoms with van der Waals surface area (Å²) in [5.74, 6) is 0. The second-order valence-corrected chi connectivity index (χ2v) is 5.95. The predicted molar refractivity (Wildman–Crippen MR) is 83.7 cm³/mol. The van der Waals surface area contributed by atoms with E-state index in [-0.39, 0.29) is 0 Å². The molecule has 19 heavy (non-hydrogen) atoms. The molecule has 0 aliphatic heterocycles. The second kappa shape index (κ2) is 4.74. The third-order valence-corrected chi connectivity index (χ3v) is 3.85. The Hall–Kier alpha value is -1.17. The van der Waals surface area contributed by atoms with Crippen molar-refractivity contribution in [3.8, 4) is 5.69 Å². The summed E-state index contributed by atoms with van der Waals surface area (Å²) in [7, 11) is 0. The molecule has 1 N–H and O–H groups in total. The summed E-state index contributed by atoms with van der Waals surface area (Å²) >= 11 is 15.1. The molecule has 0 aliphatic rings. The van der Waals surface area contributed by atoms with Crippen LogP contribution in [-0.2, 0) is 0 Å². The van der Waals surface area contributed by atoms with E-state index in [1.807, 2.05) is 35.8 Å². The van der Waals surface area contributed by atoms with E-state index in [9.17, 15) is 0 Å². The zero-order chi connectivity index (χ0) is 13.6. The number of rotatable bonds is 1. The number of nitrogens with zero attached hydrogens (tertiary/aromatic N) is 2. The van der Waals surface area contributed by atoms with Crippen LogP contribution in [0.1, 0.15) is 5.56 Å². The zero-order valence-corrected chi connectivity index (χ0v) is 13.1. The second-order valence-electron chi connectivity index (χ2n) is 4.25. The fourth-order valence-electron chi connectivity index (χ4n) is 1.99. The molecule has 0 radical (unpaired) electrons. The van der Waals surface area contributed by atoms with Crippen LogP contribution in [0.25, 0.3) is 16.9 Å². The number of halogens is 2. The zero-order valence-electron chi connectivity index (χ0n) is 9.95. The normalized spacial score (nSPS) is 11.1. The van der Waals surface area contributed by atoms with Gasteiger partial charge in [-0.05, 0) is 58.8 Å². The van der Waals surface area contributed by atoms with E-state index in [1.165, 1.54) is 0 Å². The van der Waals surface area contributed by atoms with Crippen molar-refractivity contribution >= 4 is 50.9 Å². The van der Waals surface area contributed by atoms with Gasteiger partial charge in [0, 0.05) is 10.7 Å². The molecule has 0 spiro atoms. The summed E-state index contributed by atoms with van der Waals surface area (Å²) in [5.41, 5.74) is 3.57. The Balaban J connectivity index is 2.36. The van der Waals surface area contributed by atoms with Crippen LogP contribution < -0.4 is 0 Å². The number of aromatic nitrogens is 3. The maximum atomic E-state index is 6.31. The van der Waals surface area contributed by atoms with E-state index in [4.69, 9.17) is 23.8 Å².